The maximum Gasteiger partial charge on any atom is 0.419 e. The lowest BCUT2D eigenvalue weighted by atomic mass is 10.2. The standard InChI is InChI=1S/C16H15ClN2O3S/c1-10(14-3-2-8-23-14)18-15(20)6-7-19-12-5-4-11(17)9-13(12)22-16(19)21/h2-5,8-10H,6-7H2,1H3,(H,18,20). The number of fused-ring (bicyclic) bond motifs is 1. The van der Waals surface area contributed by atoms with Crippen LogP contribution in [0.15, 0.2) is 44.9 Å². The Hall–Kier alpha value is -2.05. The Bertz CT molecular complexity index is 883. The summed E-state index contributed by atoms with van der Waals surface area (Å²) < 4.78 is 6.59. The number of carbonyl (C=O) groups excluding carboxylic acids is 1. The van der Waals surface area contributed by atoms with E-state index in [9.17, 15) is 9.59 Å². The Kier molecular flexibility index (Phi) is 4.54. The molecule has 2 aromatic heterocycles. The molecule has 2 heterocycles. The minimum atomic E-state index is -0.485. The highest BCUT2D eigenvalue weighted by molar-refractivity contribution is 7.10. The molecule has 0 saturated carbocycles. The van der Waals surface area contributed by atoms with Crippen molar-refractivity contribution in [3.8, 4) is 0 Å². The monoisotopic (exact) mass is 350 g/mol. The lowest BCUT2D eigenvalue weighted by molar-refractivity contribution is -0.121. The summed E-state index contributed by atoms with van der Waals surface area (Å²) in [7, 11) is 0. The molecule has 1 atom stereocenters. The van der Waals surface area contributed by atoms with Gasteiger partial charge >= 0.3 is 5.76 Å². The van der Waals surface area contributed by atoms with Gasteiger partial charge in [0.15, 0.2) is 5.58 Å². The Labute approximate surface area is 141 Å². The maximum absolute atomic E-state index is 12.1. The molecule has 0 radical (unpaired) electrons. The van der Waals surface area contributed by atoms with Crippen LogP contribution in [0.25, 0.3) is 11.1 Å². The number of halogens is 1. The Morgan fingerprint density at radius 1 is 1.43 bits per heavy atom. The molecule has 0 aliphatic carbocycles. The number of benzene rings is 1. The van der Waals surface area contributed by atoms with Crippen molar-refractivity contribution in [1.82, 2.24) is 9.88 Å². The van der Waals surface area contributed by atoms with Gasteiger partial charge in [-0.05, 0) is 30.5 Å². The molecule has 0 aliphatic heterocycles. The molecular formula is C16H15ClN2O3S. The lowest BCUT2D eigenvalue weighted by Crippen LogP contribution is -2.28. The average Bonchev–Trinajstić information content (AvgIpc) is 3.12. The second-order valence-electron chi connectivity index (χ2n) is 5.19. The zero-order valence-corrected chi connectivity index (χ0v) is 14.0. The van der Waals surface area contributed by atoms with Crippen LogP contribution in [0.2, 0.25) is 5.02 Å². The third kappa shape index (κ3) is 3.48. The van der Waals surface area contributed by atoms with Gasteiger partial charge in [0.25, 0.3) is 0 Å². The summed E-state index contributed by atoms with van der Waals surface area (Å²) in [6, 6.07) is 8.88. The van der Waals surface area contributed by atoms with Crippen LogP contribution in [0.5, 0.6) is 0 Å². The molecule has 1 aromatic carbocycles. The molecule has 1 unspecified atom stereocenters. The van der Waals surface area contributed by atoms with E-state index in [1.807, 2.05) is 24.4 Å². The molecule has 0 bridgehead atoms. The first-order valence-electron chi connectivity index (χ1n) is 7.16. The van der Waals surface area contributed by atoms with Crippen molar-refractivity contribution in [1.29, 1.82) is 0 Å². The van der Waals surface area contributed by atoms with Gasteiger partial charge in [-0.25, -0.2) is 4.79 Å². The van der Waals surface area contributed by atoms with Gasteiger partial charge in [0.1, 0.15) is 0 Å². The van der Waals surface area contributed by atoms with Crippen LogP contribution in [-0.2, 0) is 11.3 Å². The van der Waals surface area contributed by atoms with E-state index in [-0.39, 0.29) is 24.9 Å². The smallest absolute Gasteiger partial charge is 0.408 e. The lowest BCUT2D eigenvalue weighted by Gasteiger charge is -2.12. The first-order valence-corrected chi connectivity index (χ1v) is 8.42. The van der Waals surface area contributed by atoms with Gasteiger partial charge in [-0.1, -0.05) is 17.7 Å². The minimum Gasteiger partial charge on any atom is -0.408 e. The zero-order valence-electron chi connectivity index (χ0n) is 12.4. The molecule has 3 aromatic rings. The topological polar surface area (TPSA) is 64.2 Å². The molecule has 23 heavy (non-hydrogen) atoms. The van der Waals surface area contributed by atoms with E-state index in [1.165, 1.54) is 4.57 Å². The van der Waals surface area contributed by atoms with Crippen molar-refractivity contribution < 1.29 is 9.21 Å². The summed E-state index contributed by atoms with van der Waals surface area (Å²) >= 11 is 7.48. The molecule has 0 aliphatic rings. The maximum atomic E-state index is 12.1. The second kappa shape index (κ2) is 6.60. The van der Waals surface area contributed by atoms with Crippen LogP contribution < -0.4 is 11.1 Å². The van der Waals surface area contributed by atoms with E-state index in [0.717, 1.165) is 4.88 Å². The van der Waals surface area contributed by atoms with Crippen LogP contribution in [0.1, 0.15) is 24.3 Å². The average molecular weight is 351 g/mol. The van der Waals surface area contributed by atoms with Gasteiger partial charge in [0, 0.05) is 28.9 Å². The van der Waals surface area contributed by atoms with E-state index in [0.29, 0.717) is 16.1 Å². The summed E-state index contributed by atoms with van der Waals surface area (Å²) in [4.78, 5) is 25.1. The van der Waals surface area contributed by atoms with E-state index >= 15 is 0 Å². The summed E-state index contributed by atoms with van der Waals surface area (Å²) in [6.07, 6.45) is 0.201. The highest BCUT2D eigenvalue weighted by Gasteiger charge is 2.13. The fourth-order valence-corrected chi connectivity index (χ4v) is 3.28. The molecule has 0 fully saturated rings. The third-order valence-electron chi connectivity index (χ3n) is 3.54. The minimum absolute atomic E-state index is 0.0425. The van der Waals surface area contributed by atoms with Crippen LogP contribution >= 0.6 is 22.9 Å². The van der Waals surface area contributed by atoms with Crippen LogP contribution in [-0.4, -0.2) is 10.5 Å². The van der Waals surface area contributed by atoms with E-state index in [4.69, 9.17) is 16.0 Å². The first kappa shape index (κ1) is 15.8. The number of aryl methyl sites for hydroxylation is 1. The number of rotatable bonds is 5. The number of nitrogens with zero attached hydrogens (tertiary/aromatic N) is 1. The molecule has 1 N–H and O–H groups in total. The van der Waals surface area contributed by atoms with Crippen LogP contribution in [0.3, 0.4) is 0 Å². The van der Waals surface area contributed by atoms with Gasteiger partial charge in [0.2, 0.25) is 5.91 Å². The summed E-state index contributed by atoms with van der Waals surface area (Å²) in [5.74, 6) is -0.595. The number of oxazole rings is 1. The number of nitrogens with one attached hydrogen (secondary N) is 1. The summed E-state index contributed by atoms with van der Waals surface area (Å²) in [6.45, 7) is 2.20. The molecular weight excluding hydrogens is 336 g/mol. The Balaban J connectivity index is 1.67. The van der Waals surface area contributed by atoms with E-state index < -0.39 is 5.76 Å². The second-order valence-corrected chi connectivity index (χ2v) is 6.60. The predicted molar refractivity (Wildman–Crippen MR) is 91.0 cm³/mol. The van der Waals surface area contributed by atoms with Crippen LogP contribution in [0, 0.1) is 0 Å². The number of hydrogen-bond donors (Lipinski definition) is 1. The molecule has 120 valence electrons. The zero-order chi connectivity index (χ0) is 16.4. The Morgan fingerprint density at radius 2 is 2.26 bits per heavy atom. The first-order chi connectivity index (χ1) is 11.0. The Morgan fingerprint density at radius 3 is 3.00 bits per heavy atom. The van der Waals surface area contributed by atoms with Crippen molar-refractivity contribution in [2.24, 2.45) is 0 Å². The van der Waals surface area contributed by atoms with Crippen LogP contribution in [0.4, 0.5) is 0 Å². The van der Waals surface area contributed by atoms with Gasteiger partial charge in [0.05, 0.1) is 11.6 Å². The number of amides is 1. The fraction of sp³-hybridized carbons (Fsp3) is 0.250. The van der Waals surface area contributed by atoms with E-state index in [2.05, 4.69) is 5.32 Å². The summed E-state index contributed by atoms with van der Waals surface area (Å²) in [5.41, 5.74) is 1.06. The highest BCUT2D eigenvalue weighted by Crippen LogP contribution is 2.19. The van der Waals surface area contributed by atoms with Gasteiger partial charge < -0.3 is 9.73 Å². The van der Waals surface area contributed by atoms with Crippen molar-refractivity contribution in [3.63, 3.8) is 0 Å². The highest BCUT2D eigenvalue weighted by atomic mass is 35.5. The van der Waals surface area contributed by atoms with Gasteiger partial charge in [-0.15, -0.1) is 11.3 Å². The number of aromatic nitrogens is 1. The van der Waals surface area contributed by atoms with E-state index in [1.54, 1.807) is 29.5 Å². The van der Waals surface area contributed by atoms with Crippen molar-refractivity contribution in [3.05, 3.63) is 56.2 Å². The molecule has 1 amide bonds. The summed E-state index contributed by atoms with van der Waals surface area (Å²) in [5, 5.41) is 5.40. The number of hydrogen-bond acceptors (Lipinski definition) is 4. The normalized spacial score (nSPS) is 12.4. The molecule has 3 rings (SSSR count). The molecule has 0 saturated heterocycles. The van der Waals surface area contributed by atoms with Gasteiger partial charge in [-0.3, -0.25) is 9.36 Å². The van der Waals surface area contributed by atoms with Gasteiger partial charge in [-0.2, -0.15) is 0 Å². The third-order valence-corrected chi connectivity index (χ3v) is 4.83. The SMILES string of the molecule is CC(NC(=O)CCn1c(=O)oc2cc(Cl)ccc21)c1cccs1. The molecule has 0 spiro atoms. The molecule has 7 heteroatoms. The quantitative estimate of drug-likeness (QED) is 0.765. The van der Waals surface area contributed by atoms with Crippen molar-refractivity contribution in [2.45, 2.75) is 25.9 Å². The fourth-order valence-electron chi connectivity index (χ4n) is 2.39. The van der Waals surface area contributed by atoms with Crippen molar-refractivity contribution >= 4 is 39.9 Å². The number of carbonyl (C=O) groups is 1. The molecule has 5 nitrogen and oxygen atoms in total. The largest absolute Gasteiger partial charge is 0.419 e. The predicted octanol–water partition coefficient (Wildman–Crippen LogP) is 3.58. The van der Waals surface area contributed by atoms with Crippen molar-refractivity contribution in [2.75, 3.05) is 0 Å². The number of thiophene rings is 1.